The van der Waals surface area contributed by atoms with E-state index in [0.717, 1.165) is 38.2 Å². The number of benzene rings is 1. The zero-order valence-corrected chi connectivity index (χ0v) is 17.9. The molecule has 0 amide bonds. The number of hydrogen-bond acceptors (Lipinski definition) is 3. The Bertz CT molecular complexity index is 810. The van der Waals surface area contributed by atoms with Crippen molar-refractivity contribution < 1.29 is 13.2 Å². The van der Waals surface area contributed by atoms with Crippen LogP contribution in [-0.4, -0.2) is 59.8 Å². The van der Waals surface area contributed by atoms with Gasteiger partial charge in [0.05, 0.1) is 13.1 Å². The number of aromatic nitrogens is 2. The minimum atomic E-state index is -4.11. The molecule has 6 nitrogen and oxygen atoms in total. The maximum atomic E-state index is 12.5. The molecule has 9 heteroatoms. The number of nitrogens with zero attached hydrogens (tertiary/aromatic N) is 4. The Morgan fingerprint density at radius 1 is 1.16 bits per heavy atom. The normalized spacial score (nSPS) is 16.5. The van der Waals surface area contributed by atoms with Crippen LogP contribution in [0.1, 0.15) is 30.7 Å². The summed E-state index contributed by atoms with van der Waals surface area (Å²) in [7, 11) is 1.72. The van der Waals surface area contributed by atoms with Crippen LogP contribution in [0, 0.1) is 5.92 Å². The molecule has 3 rings (SSSR count). The topological polar surface area (TPSA) is 57.5 Å². The van der Waals surface area contributed by atoms with Gasteiger partial charge >= 0.3 is 6.18 Å². The molecule has 0 spiro atoms. The third kappa shape index (κ3) is 7.90. The van der Waals surface area contributed by atoms with E-state index < -0.39 is 12.7 Å². The van der Waals surface area contributed by atoms with Gasteiger partial charge in [0.2, 0.25) is 0 Å². The number of alkyl halides is 3. The van der Waals surface area contributed by atoms with Crippen molar-refractivity contribution in [2.24, 2.45) is 10.9 Å². The number of rotatable bonds is 8. The molecule has 0 bridgehead atoms. The highest BCUT2D eigenvalue weighted by atomic mass is 19.4. The monoisotopic (exact) mass is 436 g/mol. The summed E-state index contributed by atoms with van der Waals surface area (Å²) in [5, 5.41) is 6.60. The number of aliphatic imine (C=N–C) groups is 1. The summed E-state index contributed by atoms with van der Waals surface area (Å²) in [6.45, 7) is 2.28. The molecule has 1 aliphatic heterocycles. The van der Waals surface area contributed by atoms with Gasteiger partial charge in [-0.25, -0.2) is 4.98 Å². The lowest BCUT2D eigenvalue weighted by atomic mass is 9.93. The van der Waals surface area contributed by atoms with Gasteiger partial charge in [-0.3, -0.25) is 9.89 Å². The van der Waals surface area contributed by atoms with Gasteiger partial charge in [0.1, 0.15) is 5.82 Å². The van der Waals surface area contributed by atoms with Crippen LogP contribution in [0.5, 0.6) is 0 Å². The van der Waals surface area contributed by atoms with E-state index in [4.69, 9.17) is 0 Å². The van der Waals surface area contributed by atoms with E-state index in [1.807, 2.05) is 24.4 Å². The van der Waals surface area contributed by atoms with Gasteiger partial charge in [-0.2, -0.15) is 13.2 Å². The third-order valence-corrected chi connectivity index (χ3v) is 5.59. The Labute approximate surface area is 181 Å². The zero-order valence-electron chi connectivity index (χ0n) is 17.9. The summed E-state index contributed by atoms with van der Waals surface area (Å²) in [5.74, 6) is 2.06. The summed E-state index contributed by atoms with van der Waals surface area (Å²) in [5.41, 5.74) is 1.21. The van der Waals surface area contributed by atoms with E-state index in [2.05, 4.69) is 37.3 Å². The number of piperidine rings is 1. The molecule has 0 aliphatic carbocycles. The molecule has 1 aromatic carbocycles. The summed E-state index contributed by atoms with van der Waals surface area (Å²) in [6.07, 6.45) is 2.18. The lowest BCUT2D eigenvalue weighted by Crippen LogP contribution is -2.41. The molecule has 0 atom stereocenters. The standard InChI is InChI=1S/C22H31F3N6/c1-26-21(28-10-7-18-8-12-30(13-9-18)17-22(23,24)25)29-15-20-27-11-14-31(20)16-19-5-3-2-4-6-19/h2-6,11,14,18H,7-10,12-13,15-17H2,1H3,(H2,26,28,29). The number of imidazole rings is 1. The van der Waals surface area contributed by atoms with Gasteiger partial charge in [-0.1, -0.05) is 30.3 Å². The molecule has 170 valence electrons. The van der Waals surface area contributed by atoms with Gasteiger partial charge in [0.15, 0.2) is 5.96 Å². The van der Waals surface area contributed by atoms with Crippen LogP contribution in [0.4, 0.5) is 13.2 Å². The van der Waals surface area contributed by atoms with Crippen molar-refractivity contribution in [1.82, 2.24) is 25.1 Å². The van der Waals surface area contributed by atoms with Gasteiger partial charge in [-0.15, -0.1) is 0 Å². The second kappa shape index (κ2) is 11.2. The Morgan fingerprint density at radius 2 is 1.90 bits per heavy atom. The van der Waals surface area contributed by atoms with Crippen LogP contribution in [0.15, 0.2) is 47.7 Å². The second-order valence-corrected chi connectivity index (χ2v) is 7.93. The predicted octanol–water partition coefficient (Wildman–Crippen LogP) is 3.26. The minimum absolute atomic E-state index is 0.444. The van der Waals surface area contributed by atoms with Crippen LogP contribution >= 0.6 is 0 Å². The maximum Gasteiger partial charge on any atom is 0.401 e. The summed E-state index contributed by atoms with van der Waals surface area (Å²) in [4.78, 5) is 10.2. The highest BCUT2D eigenvalue weighted by Crippen LogP contribution is 2.23. The quantitative estimate of drug-likeness (QED) is 0.493. The first kappa shape index (κ1) is 23.1. The molecule has 1 aliphatic rings. The highest BCUT2D eigenvalue weighted by Gasteiger charge is 2.32. The SMILES string of the molecule is CN=C(NCCC1CCN(CC(F)(F)F)CC1)NCc1nccn1Cc1ccccc1. The Hall–Kier alpha value is -2.55. The fourth-order valence-electron chi connectivity index (χ4n) is 3.90. The Kier molecular flexibility index (Phi) is 8.34. The van der Waals surface area contributed by atoms with E-state index in [-0.39, 0.29) is 0 Å². The average molecular weight is 437 g/mol. The van der Waals surface area contributed by atoms with Crippen LogP contribution in [-0.2, 0) is 13.1 Å². The third-order valence-electron chi connectivity index (χ3n) is 5.59. The number of likely N-dealkylation sites (tertiary alicyclic amines) is 1. The van der Waals surface area contributed by atoms with Gasteiger partial charge in [0, 0.05) is 32.5 Å². The van der Waals surface area contributed by atoms with E-state index in [1.54, 1.807) is 13.2 Å². The summed E-state index contributed by atoms with van der Waals surface area (Å²) < 4.78 is 39.6. The van der Waals surface area contributed by atoms with Gasteiger partial charge in [-0.05, 0) is 43.8 Å². The fraction of sp³-hybridized carbons (Fsp3) is 0.545. The van der Waals surface area contributed by atoms with Crippen molar-refractivity contribution in [3.8, 4) is 0 Å². The Balaban J connectivity index is 1.37. The molecule has 0 unspecified atom stereocenters. The van der Waals surface area contributed by atoms with Crippen LogP contribution < -0.4 is 10.6 Å². The summed E-state index contributed by atoms with van der Waals surface area (Å²) >= 11 is 0. The molecule has 0 saturated carbocycles. The van der Waals surface area contributed by atoms with Crippen LogP contribution in [0.25, 0.3) is 0 Å². The van der Waals surface area contributed by atoms with Crippen molar-refractivity contribution in [3.63, 3.8) is 0 Å². The second-order valence-electron chi connectivity index (χ2n) is 7.93. The molecule has 0 radical (unpaired) electrons. The maximum absolute atomic E-state index is 12.5. The largest absolute Gasteiger partial charge is 0.401 e. The molecule has 31 heavy (non-hydrogen) atoms. The molecule has 1 fully saturated rings. The highest BCUT2D eigenvalue weighted by molar-refractivity contribution is 5.79. The van der Waals surface area contributed by atoms with E-state index in [9.17, 15) is 13.2 Å². The predicted molar refractivity (Wildman–Crippen MR) is 116 cm³/mol. The number of halogens is 3. The number of hydrogen-bond donors (Lipinski definition) is 2. The van der Waals surface area contributed by atoms with Crippen molar-refractivity contribution in [2.75, 3.05) is 33.2 Å². The number of guanidine groups is 1. The molecular weight excluding hydrogens is 405 g/mol. The van der Waals surface area contributed by atoms with E-state index in [1.165, 1.54) is 10.5 Å². The molecule has 2 aromatic rings. The molecule has 1 saturated heterocycles. The van der Waals surface area contributed by atoms with Crippen molar-refractivity contribution >= 4 is 5.96 Å². The molecule has 2 heterocycles. The summed E-state index contributed by atoms with van der Waals surface area (Å²) in [6, 6.07) is 10.2. The van der Waals surface area contributed by atoms with E-state index >= 15 is 0 Å². The van der Waals surface area contributed by atoms with E-state index in [0.29, 0.717) is 31.5 Å². The first-order valence-corrected chi connectivity index (χ1v) is 10.7. The lowest BCUT2D eigenvalue weighted by molar-refractivity contribution is -0.148. The smallest absolute Gasteiger partial charge is 0.356 e. The average Bonchev–Trinajstić information content (AvgIpc) is 3.18. The van der Waals surface area contributed by atoms with Gasteiger partial charge < -0.3 is 15.2 Å². The first-order valence-electron chi connectivity index (χ1n) is 10.7. The minimum Gasteiger partial charge on any atom is -0.356 e. The van der Waals surface area contributed by atoms with Crippen molar-refractivity contribution in [1.29, 1.82) is 0 Å². The lowest BCUT2D eigenvalue weighted by Gasteiger charge is -2.32. The molecule has 2 N–H and O–H groups in total. The van der Waals surface area contributed by atoms with Crippen molar-refractivity contribution in [2.45, 2.75) is 38.5 Å². The Morgan fingerprint density at radius 3 is 2.58 bits per heavy atom. The van der Waals surface area contributed by atoms with Crippen LogP contribution in [0.3, 0.4) is 0 Å². The fourth-order valence-corrected chi connectivity index (χ4v) is 3.90. The number of nitrogens with one attached hydrogen (secondary N) is 2. The van der Waals surface area contributed by atoms with Crippen molar-refractivity contribution in [3.05, 3.63) is 54.1 Å². The molecule has 1 aromatic heterocycles. The zero-order chi connectivity index (χ0) is 22.1. The first-order chi connectivity index (χ1) is 14.9. The molecular formula is C22H31F3N6. The van der Waals surface area contributed by atoms with Crippen LogP contribution in [0.2, 0.25) is 0 Å². The van der Waals surface area contributed by atoms with Gasteiger partial charge in [0.25, 0.3) is 0 Å².